The van der Waals surface area contributed by atoms with Gasteiger partial charge in [-0.25, -0.2) is 13.4 Å². The molecule has 0 spiro atoms. The van der Waals surface area contributed by atoms with Crippen LogP contribution in [-0.4, -0.2) is 52.3 Å². The number of sulfone groups is 1. The lowest BCUT2D eigenvalue weighted by molar-refractivity contribution is 0.327. The van der Waals surface area contributed by atoms with Crippen molar-refractivity contribution >= 4 is 39.8 Å². The van der Waals surface area contributed by atoms with E-state index in [1.54, 1.807) is 24.3 Å². The van der Waals surface area contributed by atoms with Gasteiger partial charge in [-0.2, -0.15) is 0 Å². The number of ether oxygens (including phenoxy) is 1. The van der Waals surface area contributed by atoms with E-state index in [-0.39, 0.29) is 28.9 Å². The van der Waals surface area contributed by atoms with Crippen molar-refractivity contribution in [3.8, 4) is 5.75 Å². The molecule has 0 radical (unpaired) electrons. The van der Waals surface area contributed by atoms with E-state index in [0.717, 1.165) is 19.0 Å². The maximum Gasteiger partial charge on any atom is 0.194 e. The largest absolute Gasteiger partial charge is 0.492 e. The van der Waals surface area contributed by atoms with Crippen molar-refractivity contribution in [2.75, 3.05) is 33.0 Å². The average molecular weight is 517 g/mol. The first-order valence-electron chi connectivity index (χ1n) is 8.86. The number of nitrogens with zero attached hydrogens (tertiary/aromatic N) is 2. The normalized spacial score (nSPS) is 11.5. The number of benzene rings is 2. The maximum atomic E-state index is 11.5. The molecule has 0 aliphatic rings. The molecule has 6 nitrogen and oxygen atoms in total. The predicted octanol–water partition coefficient (Wildman–Crippen LogP) is 3.18. The highest BCUT2D eigenvalue weighted by atomic mass is 127. The molecule has 2 rings (SSSR count). The molecular weight excluding hydrogens is 489 g/mol. The molecule has 0 aliphatic carbocycles. The molecular formula is C20H28IN3O3S. The minimum absolute atomic E-state index is 0. The van der Waals surface area contributed by atoms with Gasteiger partial charge >= 0.3 is 0 Å². The summed E-state index contributed by atoms with van der Waals surface area (Å²) in [6, 6.07) is 16.6. The van der Waals surface area contributed by atoms with Gasteiger partial charge in [0.05, 0.1) is 11.4 Å². The van der Waals surface area contributed by atoms with Gasteiger partial charge in [0.15, 0.2) is 15.8 Å². The Morgan fingerprint density at radius 2 is 1.75 bits per heavy atom. The van der Waals surface area contributed by atoms with E-state index >= 15 is 0 Å². The number of aliphatic imine (C=N–C) groups is 1. The first-order chi connectivity index (χ1) is 12.9. The molecule has 28 heavy (non-hydrogen) atoms. The Balaban J connectivity index is 0.00000392. The van der Waals surface area contributed by atoms with E-state index in [1.165, 1.54) is 11.8 Å². The van der Waals surface area contributed by atoms with Crippen molar-refractivity contribution in [2.24, 2.45) is 4.99 Å². The van der Waals surface area contributed by atoms with Gasteiger partial charge in [-0.1, -0.05) is 30.3 Å². The summed E-state index contributed by atoms with van der Waals surface area (Å²) in [5.74, 6) is 1.44. The Labute approximate surface area is 184 Å². The second kappa shape index (κ2) is 11.9. The maximum absolute atomic E-state index is 11.5. The highest BCUT2D eigenvalue weighted by Crippen LogP contribution is 2.15. The summed E-state index contributed by atoms with van der Waals surface area (Å²) < 4.78 is 28.6. The van der Waals surface area contributed by atoms with E-state index in [9.17, 15) is 8.42 Å². The lowest BCUT2D eigenvalue weighted by atomic mass is 10.2. The molecule has 0 aromatic heterocycles. The number of nitrogens with one attached hydrogen (secondary N) is 1. The molecule has 8 heteroatoms. The van der Waals surface area contributed by atoms with Crippen molar-refractivity contribution < 1.29 is 13.2 Å². The van der Waals surface area contributed by atoms with Crippen LogP contribution in [0.2, 0.25) is 0 Å². The fourth-order valence-corrected chi connectivity index (χ4v) is 3.13. The van der Waals surface area contributed by atoms with Gasteiger partial charge in [-0.15, -0.1) is 24.0 Å². The van der Waals surface area contributed by atoms with Gasteiger partial charge in [-0.05, 0) is 36.8 Å². The number of hydrogen-bond acceptors (Lipinski definition) is 4. The molecule has 0 saturated heterocycles. The summed E-state index contributed by atoms with van der Waals surface area (Å²) in [6.45, 7) is 4.49. The predicted molar refractivity (Wildman–Crippen MR) is 124 cm³/mol. The Hall–Kier alpha value is -1.81. The SMILES string of the molecule is CCNC(=NCCOc1ccc(S(C)(=O)=O)cc1)N(C)Cc1ccccc1.I. The van der Waals surface area contributed by atoms with Crippen LogP contribution in [0.3, 0.4) is 0 Å². The average Bonchev–Trinajstić information content (AvgIpc) is 2.64. The van der Waals surface area contributed by atoms with Crippen LogP contribution < -0.4 is 10.1 Å². The third kappa shape index (κ3) is 8.05. The van der Waals surface area contributed by atoms with Gasteiger partial charge in [0, 0.05) is 26.4 Å². The fourth-order valence-electron chi connectivity index (χ4n) is 2.50. The summed E-state index contributed by atoms with van der Waals surface area (Å²) in [5.41, 5.74) is 1.22. The Morgan fingerprint density at radius 1 is 1.11 bits per heavy atom. The lowest BCUT2D eigenvalue weighted by Gasteiger charge is -2.22. The third-order valence-corrected chi connectivity index (χ3v) is 4.96. The summed E-state index contributed by atoms with van der Waals surface area (Å²) in [4.78, 5) is 6.94. The smallest absolute Gasteiger partial charge is 0.194 e. The van der Waals surface area contributed by atoms with Crippen LogP contribution in [0.1, 0.15) is 12.5 Å². The molecule has 154 valence electrons. The van der Waals surface area contributed by atoms with Crippen LogP contribution in [-0.2, 0) is 16.4 Å². The molecule has 0 heterocycles. The first kappa shape index (κ1) is 24.2. The van der Waals surface area contributed by atoms with Crippen LogP contribution in [0.5, 0.6) is 5.75 Å². The minimum atomic E-state index is -3.19. The number of guanidine groups is 1. The zero-order valence-corrected chi connectivity index (χ0v) is 19.6. The molecule has 0 unspecified atom stereocenters. The van der Waals surface area contributed by atoms with Crippen molar-refractivity contribution in [2.45, 2.75) is 18.4 Å². The minimum Gasteiger partial charge on any atom is -0.492 e. The highest BCUT2D eigenvalue weighted by molar-refractivity contribution is 14.0. The molecule has 0 fully saturated rings. The lowest BCUT2D eigenvalue weighted by Crippen LogP contribution is -2.38. The molecule has 0 saturated carbocycles. The zero-order chi connectivity index (χ0) is 19.7. The molecule has 2 aromatic rings. The second-order valence-electron chi connectivity index (χ2n) is 6.17. The van der Waals surface area contributed by atoms with Crippen LogP contribution in [0.15, 0.2) is 64.5 Å². The van der Waals surface area contributed by atoms with Gasteiger partial charge in [0.1, 0.15) is 12.4 Å². The quantitative estimate of drug-likeness (QED) is 0.252. The molecule has 0 bridgehead atoms. The van der Waals surface area contributed by atoms with E-state index < -0.39 is 9.84 Å². The topological polar surface area (TPSA) is 71.0 Å². The van der Waals surface area contributed by atoms with Gasteiger partial charge in [0.2, 0.25) is 0 Å². The second-order valence-corrected chi connectivity index (χ2v) is 8.19. The number of hydrogen-bond donors (Lipinski definition) is 1. The van der Waals surface area contributed by atoms with Gasteiger partial charge in [0.25, 0.3) is 0 Å². The van der Waals surface area contributed by atoms with Crippen molar-refractivity contribution in [1.82, 2.24) is 10.2 Å². The van der Waals surface area contributed by atoms with Crippen molar-refractivity contribution in [3.05, 3.63) is 60.2 Å². The van der Waals surface area contributed by atoms with Gasteiger partial charge in [-0.3, -0.25) is 0 Å². The highest BCUT2D eigenvalue weighted by Gasteiger charge is 2.07. The Bertz CT molecular complexity index is 841. The summed E-state index contributed by atoms with van der Waals surface area (Å²) in [5, 5.41) is 3.28. The van der Waals surface area contributed by atoms with E-state index in [4.69, 9.17) is 4.74 Å². The number of halogens is 1. The van der Waals surface area contributed by atoms with Crippen molar-refractivity contribution in [3.63, 3.8) is 0 Å². The molecule has 0 atom stereocenters. The Kier molecular flexibility index (Phi) is 10.3. The van der Waals surface area contributed by atoms with Gasteiger partial charge < -0.3 is 15.0 Å². The fraction of sp³-hybridized carbons (Fsp3) is 0.350. The standard InChI is InChI=1S/C20H27N3O3S.HI/c1-4-21-20(23(2)16-17-8-6-5-7-9-17)22-14-15-26-18-10-12-19(13-11-18)27(3,24)25;/h5-13H,4,14-16H2,1-3H3,(H,21,22);1H. The number of rotatable bonds is 8. The van der Waals surface area contributed by atoms with Crippen LogP contribution in [0.4, 0.5) is 0 Å². The van der Waals surface area contributed by atoms with Crippen molar-refractivity contribution in [1.29, 1.82) is 0 Å². The van der Waals surface area contributed by atoms with Crippen LogP contribution in [0, 0.1) is 0 Å². The Morgan fingerprint density at radius 3 is 2.32 bits per heavy atom. The summed E-state index contributed by atoms with van der Waals surface area (Å²) in [6.07, 6.45) is 1.19. The van der Waals surface area contributed by atoms with E-state index in [1.807, 2.05) is 32.2 Å². The molecule has 2 aromatic carbocycles. The third-order valence-electron chi connectivity index (χ3n) is 3.83. The zero-order valence-electron chi connectivity index (χ0n) is 16.5. The summed E-state index contributed by atoms with van der Waals surface area (Å²) >= 11 is 0. The monoisotopic (exact) mass is 517 g/mol. The van der Waals surface area contributed by atoms with E-state index in [0.29, 0.717) is 18.9 Å². The summed E-state index contributed by atoms with van der Waals surface area (Å²) in [7, 11) is -1.19. The molecule has 1 N–H and O–H groups in total. The molecule has 0 aliphatic heterocycles. The molecule has 0 amide bonds. The first-order valence-corrected chi connectivity index (χ1v) is 10.8. The van der Waals surface area contributed by atoms with Crippen LogP contribution >= 0.6 is 24.0 Å². The van der Waals surface area contributed by atoms with Crippen LogP contribution in [0.25, 0.3) is 0 Å². The van der Waals surface area contributed by atoms with E-state index in [2.05, 4.69) is 27.3 Å².